The third kappa shape index (κ3) is 10.5. The van der Waals surface area contributed by atoms with Crippen molar-refractivity contribution in [3.05, 3.63) is 65.2 Å². The van der Waals surface area contributed by atoms with Gasteiger partial charge in [-0.3, -0.25) is 4.79 Å². The van der Waals surface area contributed by atoms with E-state index in [4.69, 9.17) is 13.9 Å². The maximum absolute atomic E-state index is 14.4. The molecular weight excluding hydrogens is 641 g/mol. The Labute approximate surface area is 283 Å². The second kappa shape index (κ2) is 14.5. The molecule has 0 N–H and O–H groups in total. The molecule has 2 amide bonds. The Morgan fingerprint density at radius 1 is 0.938 bits per heavy atom. The summed E-state index contributed by atoms with van der Waals surface area (Å²) in [4.78, 5) is 30.7. The SMILES string of the molecule is CC(C)(C)OC(=O)N1CCC(c2ccc(OCCO[Si](C)(C)C(C)(C)C)cc2)=C(C(=O)N(Cc2cccc(OC(F)(F)F)c2)C2CC2)C1. The Balaban J connectivity index is 1.57. The molecule has 0 radical (unpaired) electrons. The maximum atomic E-state index is 14.4. The number of amides is 2. The molecule has 0 atom stereocenters. The highest BCUT2D eigenvalue weighted by Gasteiger charge is 2.39. The van der Waals surface area contributed by atoms with Gasteiger partial charge in [0.15, 0.2) is 8.32 Å². The normalized spacial score (nSPS) is 16.1. The van der Waals surface area contributed by atoms with Crippen molar-refractivity contribution in [1.29, 1.82) is 0 Å². The fourth-order valence-corrected chi connectivity index (χ4v) is 6.18. The van der Waals surface area contributed by atoms with Crippen molar-refractivity contribution < 1.29 is 41.4 Å². The summed E-state index contributed by atoms with van der Waals surface area (Å²) in [5, 5.41) is 0.108. The molecule has 0 bridgehead atoms. The summed E-state index contributed by atoms with van der Waals surface area (Å²) in [5.41, 5.74) is 1.91. The standard InChI is InChI=1S/C36H49F3N2O6Si/c1-34(2,3)47-33(43)40-19-18-30(26-12-16-28(17-13-26)44-20-21-45-48(7,8)35(4,5)6)31(24-40)32(42)41(27-14-15-27)23-25-10-9-11-29(22-25)46-36(37,38)39/h9-13,16-17,22,27H,14-15,18-21,23-24H2,1-8H3. The molecule has 1 heterocycles. The number of hydrogen-bond donors (Lipinski definition) is 0. The van der Waals surface area contributed by atoms with Crippen molar-refractivity contribution in [1.82, 2.24) is 9.80 Å². The highest BCUT2D eigenvalue weighted by Crippen LogP contribution is 2.37. The van der Waals surface area contributed by atoms with E-state index in [1.807, 2.05) is 24.3 Å². The van der Waals surface area contributed by atoms with Crippen LogP contribution in [0, 0.1) is 0 Å². The first-order chi connectivity index (χ1) is 22.2. The number of nitrogens with zero attached hydrogens (tertiary/aromatic N) is 2. The second-order valence-corrected chi connectivity index (χ2v) is 19.8. The summed E-state index contributed by atoms with van der Waals surface area (Å²) in [5.74, 6) is 0.0783. The van der Waals surface area contributed by atoms with E-state index in [-0.39, 0.29) is 35.8 Å². The van der Waals surface area contributed by atoms with Crippen LogP contribution in [0.2, 0.25) is 18.1 Å². The zero-order valence-corrected chi connectivity index (χ0v) is 30.3. The smallest absolute Gasteiger partial charge is 0.491 e. The molecule has 1 saturated carbocycles. The molecule has 8 nitrogen and oxygen atoms in total. The number of rotatable bonds is 11. The first-order valence-electron chi connectivity index (χ1n) is 16.5. The minimum absolute atomic E-state index is 0.0482. The predicted octanol–water partition coefficient (Wildman–Crippen LogP) is 8.57. The van der Waals surface area contributed by atoms with E-state index in [1.54, 1.807) is 31.7 Å². The lowest BCUT2D eigenvalue weighted by Gasteiger charge is -2.36. The van der Waals surface area contributed by atoms with E-state index in [1.165, 1.54) is 23.1 Å². The minimum atomic E-state index is -4.82. The molecule has 0 saturated heterocycles. The Hall–Kier alpha value is -3.51. The van der Waals surface area contributed by atoms with Crippen molar-refractivity contribution in [3.63, 3.8) is 0 Å². The van der Waals surface area contributed by atoms with E-state index in [2.05, 4.69) is 38.6 Å². The third-order valence-electron chi connectivity index (χ3n) is 8.81. The van der Waals surface area contributed by atoms with E-state index in [0.29, 0.717) is 43.1 Å². The number of halogens is 3. The predicted molar refractivity (Wildman–Crippen MR) is 181 cm³/mol. The van der Waals surface area contributed by atoms with Crippen molar-refractivity contribution >= 4 is 25.9 Å². The van der Waals surface area contributed by atoms with Gasteiger partial charge in [0.2, 0.25) is 0 Å². The van der Waals surface area contributed by atoms with Gasteiger partial charge >= 0.3 is 12.5 Å². The van der Waals surface area contributed by atoms with Gasteiger partial charge in [-0.2, -0.15) is 0 Å². The Kier molecular flexibility index (Phi) is 11.3. The van der Waals surface area contributed by atoms with Crippen LogP contribution in [0.25, 0.3) is 5.57 Å². The molecule has 2 aromatic rings. The van der Waals surface area contributed by atoms with Crippen LogP contribution in [-0.2, 0) is 20.5 Å². The number of benzene rings is 2. The average molecular weight is 691 g/mol. The number of hydrogen-bond acceptors (Lipinski definition) is 6. The fourth-order valence-electron chi connectivity index (χ4n) is 5.15. The van der Waals surface area contributed by atoms with Crippen molar-refractivity contribution in [2.45, 2.75) is 103 Å². The van der Waals surface area contributed by atoms with Crippen LogP contribution in [0.5, 0.6) is 11.5 Å². The molecule has 2 aromatic carbocycles. The van der Waals surface area contributed by atoms with Gasteiger partial charge in [-0.1, -0.05) is 45.0 Å². The van der Waals surface area contributed by atoms with Crippen LogP contribution in [0.1, 0.15) is 71.9 Å². The Bertz CT molecular complexity index is 1470. The monoisotopic (exact) mass is 690 g/mol. The number of ether oxygens (including phenoxy) is 3. The van der Waals surface area contributed by atoms with Gasteiger partial charge in [0, 0.05) is 24.7 Å². The van der Waals surface area contributed by atoms with Gasteiger partial charge in [0.05, 0.1) is 13.2 Å². The lowest BCUT2D eigenvalue weighted by atomic mass is 9.92. The minimum Gasteiger partial charge on any atom is -0.491 e. The van der Waals surface area contributed by atoms with Crippen LogP contribution in [0.4, 0.5) is 18.0 Å². The highest BCUT2D eigenvalue weighted by molar-refractivity contribution is 6.74. The van der Waals surface area contributed by atoms with Crippen LogP contribution in [0.3, 0.4) is 0 Å². The largest absolute Gasteiger partial charge is 0.573 e. The van der Waals surface area contributed by atoms with E-state index in [9.17, 15) is 22.8 Å². The molecule has 1 aliphatic carbocycles. The average Bonchev–Trinajstić information content (AvgIpc) is 3.81. The van der Waals surface area contributed by atoms with Gasteiger partial charge in [-0.25, -0.2) is 4.79 Å². The lowest BCUT2D eigenvalue weighted by molar-refractivity contribution is -0.274. The number of alkyl halides is 3. The van der Waals surface area contributed by atoms with Gasteiger partial charge in [0.25, 0.3) is 5.91 Å². The van der Waals surface area contributed by atoms with Gasteiger partial charge in [-0.15, -0.1) is 13.2 Å². The molecule has 0 spiro atoms. The van der Waals surface area contributed by atoms with Crippen molar-refractivity contribution in [2.75, 3.05) is 26.3 Å². The van der Waals surface area contributed by atoms with E-state index in [0.717, 1.165) is 24.0 Å². The molecule has 4 rings (SSSR count). The van der Waals surface area contributed by atoms with Crippen molar-refractivity contribution in [2.24, 2.45) is 0 Å². The quantitative estimate of drug-likeness (QED) is 0.174. The first-order valence-corrected chi connectivity index (χ1v) is 19.4. The molecule has 12 heteroatoms. The molecule has 0 unspecified atom stereocenters. The highest BCUT2D eigenvalue weighted by atomic mass is 28.4. The molecule has 1 aliphatic heterocycles. The van der Waals surface area contributed by atoms with Crippen LogP contribution >= 0.6 is 0 Å². The first kappa shape index (κ1) is 37.3. The zero-order chi connectivity index (χ0) is 35.5. The second-order valence-electron chi connectivity index (χ2n) is 15.0. The summed E-state index contributed by atoms with van der Waals surface area (Å²) < 4.78 is 60.6. The summed E-state index contributed by atoms with van der Waals surface area (Å²) in [6, 6.07) is 13.2. The van der Waals surface area contributed by atoms with Gasteiger partial charge in [0.1, 0.15) is 23.7 Å². The topological polar surface area (TPSA) is 77.5 Å². The third-order valence-corrected chi connectivity index (χ3v) is 13.4. The summed E-state index contributed by atoms with van der Waals surface area (Å²) in [6.07, 6.45) is -3.34. The molecule has 1 fully saturated rings. The van der Waals surface area contributed by atoms with E-state index >= 15 is 0 Å². The molecular formula is C36H49F3N2O6Si. The van der Waals surface area contributed by atoms with Crippen LogP contribution < -0.4 is 9.47 Å². The molecule has 0 aromatic heterocycles. The molecule has 48 heavy (non-hydrogen) atoms. The molecule has 264 valence electrons. The number of carbonyl (C=O) groups is 2. The van der Waals surface area contributed by atoms with E-state index < -0.39 is 26.4 Å². The van der Waals surface area contributed by atoms with Crippen LogP contribution in [-0.4, -0.2) is 74.4 Å². The number of carbonyl (C=O) groups excluding carboxylic acids is 2. The fraction of sp³-hybridized carbons (Fsp3) is 0.556. The van der Waals surface area contributed by atoms with Gasteiger partial charge in [-0.05, 0) is 99.1 Å². The van der Waals surface area contributed by atoms with Crippen LogP contribution in [0.15, 0.2) is 54.1 Å². The molecule has 2 aliphatic rings. The summed E-state index contributed by atoms with van der Waals surface area (Å²) >= 11 is 0. The Morgan fingerprint density at radius 3 is 2.19 bits per heavy atom. The van der Waals surface area contributed by atoms with Crippen molar-refractivity contribution in [3.8, 4) is 11.5 Å². The zero-order valence-electron chi connectivity index (χ0n) is 29.3. The summed E-state index contributed by atoms with van der Waals surface area (Å²) in [6.45, 7) is 17.8. The maximum Gasteiger partial charge on any atom is 0.573 e. The summed E-state index contributed by atoms with van der Waals surface area (Å²) in [7, 11) is -1.88. The lowest BCUT2D eigenvalue weighted by Crippen LogP contribution is -2.44. The van der Waals surface area contributed by atoms with Gasteiger partial charge < -0.3 is 28.4 Å². The Morgan fingerprint density at radius 2 is 1.60 bits per heavy atom.